The van der Waals surface area contributed by atoms with Gasteiger partial charge >= 0.3 is 0 Å². The van der Waals surface area contributed by atoms with Gasteiger partial charge in [-0.25, -0.2) is 9.97 Å². The van der Waals surface area contributed by atoms with Crippen LogP contribution in [0.4, 0.5) is 0 Å². The predicted molar refractivity (Wildman–Crippen MR) is 114 cm³/mol. The van der Waals surface area contributed by atoms with Crippen molar-refractivity contribution in [2.75, 3.05) is 19.8 Å². The average molecular weight is 408 g/mol. The van der Waals surface area contributed by atoms with E-state index in [-0.39, 0.29) is 6.04 Å². The number of fused-ring (bicyclic) bond motifs is 1. The Balaban J connectivity index is 1.42. The smallest absolute Gasteiger partial charge is 0.126 e. The highest BCUT2D eigenvalue weighted by molar-refractivity contribution is 6.30. The van der Waals surface area contributed by atoms with Crippen LogP contribution in [0.5, 0.6) is 0 Å². The van der Waals surface area contributed by atoms with Crippen LogP contribution < -0.4 is 0 Å². The van der Waals surface area contributed by atoms with Crippen molar-refractivity contribution >= 4 is 22.6 Å². The third-order valence-electron chi connectivity index (χ3n) is 5.51. The van der Waals surface area contributed by atoms with Crippen molar-refractivity contribution in [3.05, 3.63) is 71.4 Å². The van der Waals surface area contributed by atoms with Gasteiger partial charge in [-0.3, -0.25) is 4.90 Å². The molecule has 0 bridgehead atoms. The van der Waals surface area contributed by atoms with Gasteiger partial charge in [0, 0.05) is 24.2 Å². The first kappa shape index (κ1) is 18.4. The molecule has 5 rings (SSSR count). The minimum absolute atomic E-state index is 0.0523. The van der Waals surface area contributed by atoms with E-state index in [4.69, 9.17) is 21.3 Å². The maximum atomic E-state index is 6.14. The van der Waals surface area contributed by atoms with Gasteiger partial charge in [0.1, 0.15) is 11.6 Å². The molecule has 0 unspecified atom stereocenters. The number of nitrogens with one attached hydrogen (secondary N) is 1. The number of rotatable bonds is 4. The number of nitrogens with zero attached hydrogens (tertiary/aromatic N) is 4. The van der Waals surface area contributed by atoms with E-state index in [0.717, 1.165) is 47.0 Å². The van der Waals surface area contributed by atoms with Gasteiger partial charge in [0.25, 0.3) is 0 Å². The van der Waals surface area contributed by atoms with E-state index in [1.165, 1.54) is 0 Å². The van der Waals surface area contributed by atoms with Crippen LogP contribution in [0, 0.1) is 0 Å². The first-order valence-corrected chi connectivity index (χ1v) is 10.1. The summed E-state index contributed by atoms with van der Waals surface area (Å²) in [5.41, 5.74) is 4.15. The van der Waals surface area contributed by atoms with Gasteiger partial charge in [-0.05, 0) is 24.3 Å². The molecule has 1 saturated heterocycles. The fourth-order valence-electron chi connectivity index (χ4n) is 3.91. The van der Waals surface area contributed by atoms with Crippen molar-refractivity contribution < 1.29 is 4.74 Å². The largest absolute Gasteiger partial charge is 0.378 e. The quantitative estimate of drug-likeness (QED) is 0.551. The molecule has 1 fully saturated rings. The van der Waals surface area contributed by atoms with E-state index in [1.807, 2.05) is 42.6 Å². The van der Waals surface area contributed by atoms with Gasteiger partial charge in [0.2, 0.25) is 0 Å². The fraction of sp³-hybridized carbons (Fsp3) is 0.273. The maximum Gasteiger partial charge on any atom is 0.126 e. The second-order valence-electron chi connectivity index (χ2n) is 7.33. The molecule has 1 aliphatic heterocycles. The number of H-pyrrole nitrogens is 1. The minimum Gasteiger partial charge on any atom is -0.378 e. The lowest BCUT2D eigenvalue weighted by Gasteiger charge is -2.34. The van der Waals surface area contributed by atoms with Crippen molar-refractivity contribution in [1.29, 1.82) is 0 Å². The van der Waals surface area contributed by atoms with Gasteiger partial charge in [-0.2, -0.15) is 0 Å². The van der Waals surface area contributed by atoms with Crippen LogP contribution in [0.3, 0.4) is 0 Å². The summed E-state index contributed by atoms with van der Waals surface area (Å²) in [5, 5.41) is 0.711. The third-order valence-corrected chi connectivity index (χ3v) is 5.75. The van der Waals surface area contributed by atoms with Crippen molar-refractivity contribution in [1.82, 2.24) is 24.4 Å². The Morgan fingerprint density at radius 3 is 2.97 bits per heavy atom. The molecular weight excluding hydrogens is 386 g/mol. The van der Waals surface area contributed by atoms with Crippen LogP contribution in [-0.2, 0) is 18.3 Å². The summed E-state index contributed by atoms with van der Waals surface area (Å²) in [4.78, 5) is 15.3. The van der Waals surface area contributed by atoms with E-state index in [9.17, 15) is 0 Å². The first-order chi connectivity index (χ1) is 14.2. The first-order valence-electron chi connectivity index (χ1n) is 9.72. The second kappa shape index (κ2) is 7.63. The topological polar surface area (TPSA) is 59.0 Å². The van der Waals surface area contributed by atoms with E-state index < -0.39 is 0 Å². The number of para-hydroxylation sites is 2. The SMILES string of the molecule is Cn1c(CN2CCOC[C@H]2c2ncc(-c3cccc(Cl)c3)[nH]2)nc2ccccc21. The van der Waals surface area contributed by atoms with Crippen LogP contribution in [0.1, 0.15) is 17.7 Å². The zero-order valence-corrected chi connectivity index (χ0v) is 16.9. The Kier molecular flexibility index (Phi) is 4.83. The van der Waals surface area contributed by atoms with Gasteiger partial charge in [-0.15, -0.1) is 0 Å². The van der Waals surface area contributed by atoms with Crippen molar-refractivity contribution in [2.45, 2.75) is 12.6 Å². The number of benzene rings is 2. The molecule has 3 heterocycles. The van der Waals surface area contributed by atoms with Crippen LogP contribution in [0.2, 0.25) is 5.02 Å². The second-order valence-corrected chi connectivity index (χ2v) is 7.77. The molecule has 1 atom stereocenters. The lowest BCUT2D eigenvalue weighted by atomic mass is 10.2. The van der Waals surface area contributed by atoms with Gasteiger partial charge in [0.05, 0.1) is 48.7 Å². The summed E-state index contributed by atoms with van der Waals surface area (Å²) in [6.45, 7) is 2.89. The van der Waals surface area contributed by atoms with E-state index in [1.54, 1.807) is 0 Å². The number of imidazole rings is 2. The standard InChI is InChI=1S/C22H22ClN5O/c1-27-19-8-3-2-7-17(19)25-21(27)13-28-9-10-29-14-20(28)22-24-12-18(26-22)15-5-4-6-16(23)11-15/h2-8,11-12,20H,9-10,13-14H2,1H3,(H,24,26)/t20-/m0/s1. The molecular formula is C22H22ClN5O. The molecule has 2 aromatic heterocycles. The van der Waals surface area contributed by atoms with Gasteiger partial charge in [-0.1, -0.05) is 35.9 Å². The molecule has 6 nitrogen and oxygen atoms in total. The van der Waals surface area contributed by atoms with Crippen LogP contribution in [0.25, 0.3) is 22.3 Å². The van der Waals surface area contributed by atoms with Crippen LogP contribution in [-0.4, -0.2) is 44.2 Å². The molecule has 1 aliphatic rings. The van der Waals surface area contributed by atoms with E-state index >= 15 is 0 Å². The number of ether oxygens (including phenoxy) is 1. The summed E-state index contributed by atoms with van der Waals surface area (Å²) in [7, 11) is 2.07. The van der Waals surface area contributed by atoms with Gasteiger partial charge in [0.15, 0.2) is 0 Å². The highest BCUT2D eigenvalue weighted by Gasteiger charge is 2.28. The molecule has 148 valence electrons. The van der Waals surface area contributed by atoms with Crippen molar-refractivity contribution in [3.8, 4) is 11.3 Å². The Morgan fingerprint density at radius 1 is 1.21 bits per heavy atom. The average Bonchev–Trinajstić information content (AvgIpc) is 3.35. The Labute approximate surface area is 174 Å². The molecule has 0 aliphatic carbocycles. The number of morpholine rings is 1. The highest BCUT2D eigenvalue weighted by atomic mass is 35.5. The summed E-state index contributed by atoms with van der Waals surface area (Å²) >= 11 is 6.14. The summed E-state index contributed by atoms with van der Waals surface area (Å²) < 4.78 is 7.95. The molecule has 0 radical (unpaired) electrons. The lowest BCUT2D eigenvalue weighted by molar-refractivity contribution is -0.0170. The van der Waals surface area contributed by atoms with E-state index in [0.29, 0.717) is 18.2 Å². The van der Waals surface area contributed by atoms with Crippen molar-refractivity contribution in [3.63, 3.8) is 0 Å². The Bertz CT molecular complexity index is 1150. The molecule has 4 aromatic rings. The predicted octanol–water partition coefficient (Wildman–Crippen LogP) is 4.19. The van der Waals surface area contributed by atoms with Crippen LogP contribution >= 0.6 is 11.6 Å². The molecule has 0 spiro atoms. The summed E-state index contributed by atoms with van der Waals surface area (Å²) in [6.07, 6.45) is 1.86. The number of aromatic amines is 1. The zero-order chi connectivity index (χ0) is 19.8. The molecule has 29 heavy (non-hydrogen) atoms. The summed E-state index contributed by atoms with van der Waals surface area (Å²) in [6, 6.07) is 16.1. The number of aryl methyl sites for hydroxylation is 1. The molecule has 7 heteroatoms. The molecule has 1 N–H and O–H groups in total. The number of hydrogen-bond donors (Lipinski definition) is 1. The molecule has 0 saturated carbocycles. The Hall–Kier alpha value is -2.67. The zero-order valence-electron chi connectivity index (χ0n) is 16.2. The normalized spacial score (nSPS) is 17.8. The highest BCUT2D eigenvalue weighted by Crippen LogP contribution is 2.28. The third kappa shape index (κ3) is 3.55. The molecule has 2 aromatic carbocycles. The van der Waals surface area contributed by atoms with Crippen LogP contribution in [0.15, 0.2) is 54.7 Å². The minimum atomic E-state index is 0.0523. The number of aromatic nitrogens is 4. The van der Waals surface area contributed by atoms with Gasteiger partial charge < -0.3 is 14.3 Å². The fourth-order valence-corrected chi connectivity index (χ4v) is 4.10. The van der Waals surface area contributed by atoms with Crippen molar-refractivity contribution in [2.24, 2.45) is 7.05 Å². The monoisotopic (exact) mass is 407 g/mol. The molecule has 0 amide bonds. The number of hydrogen-bond acceptors (Lipinski definition) is 4. The lowest BCUT2D eigenvalue weighted by Crippen LogP contribution is -2.40. The maximum absolute atomic E-state index is 6.14. The van der Waals surface area contributed by atoms with E-state index in [2.05, 4.69) is 38.6 Å². The Morgan fingerprint density at radius 2 is 2.10 bits per heavy atom. The summed E-state index contributed by atoms with van der Waals surface area (Å²) in [5.74, 6) is 1.94. The number of halogens is 1.